The molecule has 0 bridgehead atoms. The Hall–Kier alpha value is -1.61. The Morgan fingerprint density at radius 3 is 2.30 bits per heavy atom. The SMILES string of the molecule is Cc1cc(C)cc(C(C)(O)Cc2ccn(C(C)C)n2)c1. The first-order valence-corrected chi connectivity index (χ1v) is 7.13. The van der Waals surface area contributed by atoms with Crippen LogP contribution in [0.2, 0.25) is 0 Å². The minimum atomic E-state index is -0.896. The molecule has 108 valence electrons. The lowest BCUT2D eigenvalue weighted by molar-refractivity contribution is 0.0562. The first-order valence-electron chi connectivity index (χ1n) is 7.13. The number of nitrogens with zero attached hydrogens (tertiary/aromatic N) is 2. The van der Waals surface area contributed by atoms with Crippen molar-refractivity contribution in [2.45, 2.75) is 52.7 Å². The predicted octanol–water partition coefficient (Wildman–Crippen LogP) is 3.53. The van der Waals surface area contributed by atoms with E-state index in [0.29, 0.717) is 12.5 Å². The number of hydrogen-bond donors (Lipinski definition) is 1. The van der Waals surface area contributed by atoms with Crippen LogP contribution < -0.4 is 0 Å². The number of benzene rings is 1. The van der Waals surface area contributed by atoms with Crippen molar-refractivity contribution < 1.29 is 5.11 Å². The number of aryl methyl sites for hydroxylation is 2. The zero-order valence-electron chi connectivity index (χ0n) is 13.0. The Labute approximate surface area is 121 Å². The molecule has 20 heavy (non-hydrogen) atoms. The second-order valence-electron chi connectivity index (χ2n) is 6.21. The molecular formula is C17H24N2O. The highest BCUT2D eigenvalue weighted by Gasteiger charge is 2.25. The summed E-state index contributed by atoms with van der Waals surface area (Å²) in [5, 5.41) is 15.3. The van der Waals surface area contributed by atoms with Crippen molar-refractivity contribution in [3.63, 3.8) is 0 Å². The summed E-state index contributed by atoms with van der Waals surface area (Å²) < 4.78 is 1.92. The van der Waals surface area contributed by atoms with E-state index in [1.54, 1.807) is 0 Å². The third-order valence-corrected chi connectivity index (χ3v) is 3.56. The maximum absolute atomic E-state index is 10.8. The van der Waals surface area contributed by atoms with Crippen LogP contribution in [0.5, 0.6) is 0 Å². The molecule has 1 atom stereocenters. The highest BCUT2D eigenvalue weighted by molar-refractivity contribution is 5.33. The molecular weight excluding hydrogens is 248 g/mol. The molecule has 1 unspecified atom stereocenters. The lowest BCUT2D eigenvalue weighted by atomic mass is 9.89. The van der Waals surface area contributed by atoms with Crippen LogP contribution in [-0.2, 0) is 12.0 Å². The first kappa shape index (κ1) is 14.8. The van der Waals surface area contributed by atoms with Crippen molar-refractivity contribution in [1.82, 2.24) is 9.78 Å². The molecule has 2 rings (SSSR count). The fourth-order valence-electron chi connectivity index (χ4n) is 2.50. The van der Waals surface area contributed by atoms with Gasteiger partial charge in [-0.25, -0.2) is 0 Å². The van der Waals surface area contributed by atoms with Crippen LogP contribution in [0, 0.1) is 13.8 Å². The standard InChI is InChI=1S/C17H24N2O/c1-12(2)19-7-6-16(18-19)11-17(5,20)15-9-13(3)8-14(4)10-15/h6-10,12,20H,11H2,1-5H3. The van der Waals surface area contributed by atoms with Crippen molar-refractivity contribution in [2.24, 2.45) is 0 Å². The van der Waals surface area contributed by atoms with E-state index < -0.39 is 5.60 Å². The Morgan fingerprint density at radius 2 is 1.80 bits per heavy atom. The minimum absolute atomic E-state index is 0.343. The minimum Gasteiger partial charge on any atom is -0.385 e. The van der Waals surface area contributed by atoms with Crippen molar-refractivity contribution in [3.05, 3.63) is 52.8 Å². The fourth-order valence-corrected chi connectivity index (χ4v) is 2.50. The number of hydrogen-bond acceptors (Lipinski definition) is 2. The topological polar surface area (TPSA) is 38.0 Å². The van der Waals surface area contributed by atoms with Gasteiger partial charge in [-0.3, -0.25) is 4.68 Å². The van der Waals surface area contributed by atoms with Gasteiger partial charge in [-0.1, -0.05) is 29.3 Å². The van der Waals surface area contributed by atoms with E-state index in [4.69, 9.17) is 0 Å². The molecule has 0 aliphatic rings. The van der Waals surface area contributed by atoms with Crippen LogP contribution in [-0.4, -0.2) is 14.9 Å². The average Bonchev–Trinajstić information content (AvgIpc) is 2.75. The Kier molecular flexibility index (Phi) is 4.00. The van der Waals surface area contributed by atoms with Crippen LogP contribution in [0.25, 0.3) is 0 Å². The maximum Gasteiger partial charge on any atom is 0.0924 e. The van der Waals surface area contributed by atoms with Gasteiger partial charge in [-0.15, -0.1) is 0 Å². The molecule has 2 aromatic rings. The molecule has 0 spiro atoms. The highest BCUT2D eigenvalue weighted by Crippen LogP contribution is 2.26. The van der Waals surface area contributed by atoms with Crippen LogP contribution in [0.1, 0.15) is 49.2 Å². The molecule has 1 aromatic carbocycles. The van der Waals surface area contributed by atoms with E-state index in [9.17, 15) is 5.11 Å². The fraction of sp³-hybridized carbons (Fsp3) is 0.471. The maximum atomic E-state index is 10.8. The summed E-state index contributed by atoms with van der Waals surface area (Å²) in [6, 6.07) is 8.54. The van der Waals surface area contributed by atoms with Gasteiger partial charge in [0.05, 0.1) is 11.3 Å². The van der Waals surface area contributed by atoms with Gasteiger partial charge in [0.15, 0.2) is 0 Å². The zero-order valence-corrected chi connectivity index (χ0v) is 13.0. The Morgan fingerprint density at radius 1 is 1.20 bits per heavy atom. The number of aromatic nitrogens is 2. The van der Waals surface area contributed by atoms with Crippen molar-refractivity contribution in [3.8, 4) is 0 Å². The molecule has 1 N–H and O–H groups in total. The van der Waals surface area contributed by atoms with Crippen molar-refractivity contribution in [2.75, 3.05) is 0 Å². The van der Waals surface area contributed by atoms with Gasteiger partial charge in [-0.2, -0.15) is 5.10 Å². The van der Waals surface area contributed by atoms with Gasteiger partial charge < -0.3 is 5.11 Å². The second-order valence-corrected chi connectivity index (χ2v) is 6.21. The normalized spacial score (nSPS) is 14.6. The van der Waals surface area contributed by atoms with Crippen LogP contribution in [0.3, 0.4) is 0 Å². The summed E-state index contributed by atoms with van der Waals surface area (Å²) in [4.78, 5) is 0. The van der Waals surface area contributed by atoms with Crippen molar-refractivity contribution >= 4 is 0 Å². The molecule has 0 fully saturated rings. The molecule has 0 amide bonds. The van der Waals surface area contributed by atoms with Gasteiger partial charge in [0.2, 0.25) is 0 Å². The third kappa shape index (κ3) is 3.28. The largest absolute Gasteiger partial charge is 0.385 e. The zero-order chi connectivity index (χ0) is 14.9. The van der Waals surface area contributed by atoms with Gasteiger partial charge in [0.25, 0.3) is 0 Å². The molecule has 1 heterocycles. The quantitative estimate of drug-likeness (QED) is 0.924. The molecule has 3 nitrogen and oxygen atoms in total. The summed E-state index contributed by atoms with van der Waals surface area (Å²) in [5.74, 6) is 0. The summed E-state index contributed by atoms with van der Waals surface area (Å²) in [7, 11) is 0. The highest BCUT2D eigenvalue weighted by atomic mass is 16.3. The molecule has 0 aliphatic heterocycles. The molecule has 0 saturated carbocycles. The monoisotopic (exact) mass is 272 g/mol. The van der Waals surface area contributed by atoms with Crippen LogP contribution in [0.15, 0.2) is 30.5 Å². The number of rotatable bonds is 4. The van der Waals surface area contributed by atoms with Gasteiger partial charge in [0, 0.05) is 18.7 Å². The van der Waals surface area contributed by atoms with E-state index in [2.05, 4.69) is 38.9 Å². The molecule has 0 radical (unpaired) electrons. The molecule has 1 aromatic heterocycles. The van der Waals surface area contributed by atoms with E-state index >= 15 is 0 Å². The molecule has 3 heteroatoms. The van der Waals surface area contributed by atoms with Gasteiger partial charge in [0.1, 0.15) is 0 Å². The van der Waals surface area contributed by atoms with Gasteiger partial charge >= 0.3 is 0 Å². The summed E-state index contributed by atoms with van der Waals surface area (Å²) in [5.41, 5.74) is 3.32. The van der Waals surface area contributed by atoms with Crippen molar-refractivity contribution in [1.29, 1.82) is 0 Å². The van der Waals surface area contributed by atoms with Crippen LogP contribution >= 0.6 is 0 Å². The lowest BCUT2D eigenvalue weighted by Gasteiger charge is -2.24. The summed E-state index contributed by atoms with van der Waals surface area (Å²) >= 11 is 0. The predicted molar refractivity (Wildman–Crippen MR) is 81.8 cm³/mol. The molecule has 0 saturated heterocycles. The summed E-state index contributed by atoms with van der Waals surface area (Å²) in [6.45, 7) is 10.2. The smallest absolute Gasteiger partial charge is 0.0924 e. The second kappa shape index (κ2) is 5.41. The Bertz CT molecular complexity index is 577. The first-order chi connectivity index (χ1) is 9.28. The van der Waals surface area contributed by atoms with E-state index in [0.717, 1.165) is 11.3 Å². The van der Waals surface area contributed by atoms with E-state index in [1.807, 2.05) is 36.0 Å². The lowest BCUT2D eigenvalue weighted by Crippen LogP contribution is -2.25. The van der Waals surface area contributed by atoms with Gasteiger partial charge in [-0.05, 0) is 46.2 Å². The molecule has 0 aliphatic carbocycles. The summed E-state index contributed by atoms with van der Waals surface area (Å²) in [6.07, 6.45) is 2.49. The number of aliphatic hydroxyl groups is 1. The average molecular weight is 272 g/mol. The van der Waals surface area contributed by atoms with E-state index in [-0.39, 0.29) is 0 Å². The van der Waals surface area contributed by atoms with E-state index in [1.165, 1.54) is 11.1 Å². The van der Waals surface area contributed by atoms with Crippen LogP contribution in [0.4, 0.5) is 0 Å². The Balaban J connectivity index is 2.25. The third-order valence-electron chi connectivity index (χ3n) is 3.56.